The number of piperazine rings is 1. The fourth-order valence-corrected chi connectivity index (χ4v) is 7.85. The van der Waals surface area contributed by atoms with E-state index in [-0.39, 0.29) is 28.5 Å². The maximum absolute atomic E-state index is 13.5. The minimum atomic E-state index is -3.45. The third kappa shape index (κ3) is 22.8. The SMILES string of the molecule is CCCCNc1nc(N)nc2ccn(Cc3ccc(CN4CCN(C(=O)CCOCCOCCOCCOCCOCCOCCOCCNC(=O)CCCC#Cc5cnc(S(C)(=O)=O)nc5)CC4)cc3)c(=O)c12. The maximum atomic E-state index is 13.5. The van der Waals surface area contributed by atoms with Crippen LogP contribution in [0.5, 0.6) is 0 Å². The molecule has 3 aromatic heterocycles. The van der Waals surface area contributed by atoms with E-state index in [2.05, 4.69) is 78.5 Å². The van der Waals surface area contributed by atoms with E-state index >= 15 is 0 Å². The fraction of sp³-hybridized carbons (Fsp3) is 0.588. The second-order valence-electron chi connectivity index (χ2n) is 17.3. The molecule has 5 rings (SSSR count). The van der Waals surface area contributed by atoms with Crippen LogP contribution in [0.25, 0.3) is 10.9 Å². The van der Waals surface area contributed by atoms with Gasteiger partial charge in [-0.25, -0.2) is 23.4 Å². The molecule has 23 heteroatoms. The second kappa shape index (κ2) is 34.0. The molecule has 406 valence electrons. The lowest BCUT2D eigenvalue weighted by Crippen LogP contribution is -2.48. The van der Waals surface area contributed by atoms with E-state index in [9.17, 15) is 22.8 Å². The number of nitrogen functional groups attached to an aromatic ring is 1. The number of nitrogens with one attached hydrogen (secondary N) is 2. The topological polar surface area (TPSA) is 263 Å². The molecule has 0 radical (unpaired) electrons. The zero-order valence-electron chi connectivity index (χ0n) is 42.9. The number of rotatable bonds is 36. The molecule has 1 aliphatic rings. The van der Waals surface area contributed by atoms with Crippen molar-refractivity contribution in [1.29, 1.82) is 0 Å². The zero-order chi connectivity index (χ0) is 52.6. The van der Waals surface area contributed by atoms with Crippen LogP contribution in [0.1, 0.15) is 62.1 Å². The summed E-state index contributed by atoms with van der Waals surface area (Å²) in [5.41, 5.74) is 8.96. The quantitative estimate of drug-likeness (QED) is 0.0335. The molecule has 0 atom stereocenters. The van der Waals surface area contributed by atoms with Crippen molar-refractivity contribution in [2.24, 2.45) is 0 Å². The first-order valence-electron chi connectivity index (χ1n) is 25.3. The molecule has 1 fully saturated rings. The Bertz CT molecular complexity index is 2520. The summed E-state index contributed by atoms with van der Waals surface area (Å²) in [6.45, 7) is 13.2. The molecule has 4 aromatic rings. The van der Waals surface area contributed by atoms with Crippen molar-refractivity contribution in [2.45, 2.75) is 63.7 Å². The standard InChI is InChI=1S/C51H74N10O12S/c1-3-4-16-54-48-47-44(57-50(52)58-48)14-18-61(49(47)64)40-42-12-10-41(11-13-42)39-59-19-21-60(22-20-59)46(63)15-23-67-25-27-69-29-31-71-33-35-73-36-34-72-32-30-70-28-26-68-24-17-53-45(62)9-7-5-6-8-43-37-55-51(56-38-43)74(2,65)66/h10-14,18,37-38H,3-5,7,9,15-17,19-36,39-40H2,1-2H3,(H,53,62)(H3,52,54,57,58). The van der Waals surface area contributed by atoms with E-state index < -0.39 is 9.84 Å². The van der Waals surface area contributed by atoms with Gasteiger partial charge in [-0.2, -0.15) is 4.98 Å². The van der Waals surface area contributed by atoms with Crippen molar-refractivity contribution in [1.82, 2.24) is 39.6 Å². The van der Waals surface area contributed by atoms with Crippen LogP contribution in [-0.2, 0) is 65.7 Å². The van der Waals surface area contributed by atoms with Gasteiger partial charge in [0.05, 0.1) is 117 Å². The van der Waals surface area contributed by atoms with E-state index in [4.69, 9.17) is 38.9 Å². The summed E-state index contributed by atoms with van der Waals surface area (Å²) in [6.07, 6.45) is 9.24. The van der Waals surface area contributed by atoms with E-state index in [1.54, 1.807) is 16.8 Å². The van der Waals surface area contributed by atoms with Crippen molar-refractivity contribution >= 4 is 44.3 Å². The number of fused-ring (bicyclic) bond motifs is 1. The zero-order valence-corrected chi connectivity index (χ0v) is 43.7. The highest BCUT2D eigenvalue weighted by molar-refractivity contribution is 7.90. The van der Waals surface area contributed by atoms with Gasteiger partial charge in [0.15, 0.2) is 0 Å². The summed E-state index contributed by atoms with van der Waals surface area (Å²) in [7, 11) is -3.45. The first kappa shape index (κ1) is 59.2. The third-order valence-electron chi connectivity index (χ3n) is 11.3. The normalized spacial score (nSPS) is 13.0. The summed E-state index contributed by atoms with van der Waals surface area (Å²) < 4.78 is 63.3. The highest BCUT2D eigenvalue weighted by Crippen LogP contribution is 2.19. The summed E-state index contributed by atoms with van der Waals surface area (Å²) in [5, 5.41) is 6.26. The Kier molecular flexibility index (Phi) is 27.2. The van der Waals surface area contributed by atoms with E-state index in [0.717, 1.165) is 44.3 Å². The Labute approximate surface area is 434 Å². The predicted octanol–water partition coefficient (Wildman–Crippen LogP) is 2.32. The summed E-state index contributed by atoms with van der Waals surface area (Å²) in [5.74, 6) is 6.40. The second-order valence-corrected chi connectivity index (χ2v) is 19.2. The number of nitrogens with zero attached hydrogens (tertiary/aromatic N) is 7. The van der Waals surface area contributed by atoms with Crippen LogP contribution in [0.3, 0.4) is 0 Å². The van der Waals surface area contributed by atoms with Gasteiger partial charge in [0, 0.05) is 83.5 Å². The van der Waals surface area contributed by atoms with Gasteiger partial charge in [-0.05, 0) is 30.0 Å². The lowest BCUT2D eigenvalue weighted by atomic mass is 10.1. The molecular formula is C51H74N10O12S. The lowest BCUT2D eigenvalue weighted by molar-refractivity contribution is -0.134. The van der Waals surface area contributed by atoms with Gasteiger partial charge in [0.2, 0.25) is 32.8 Å². The number of nitrogens with two attached hydrogens (primary N) is 1. The average Bonchev–Trinajstić information content (AvgIpc) is 3.38. The Morgan fingerprint density at radius 2 is 1.26 bits per heavy atom. The summed E-state index contributed by atoms with van der Waals surface area (Å²) in [4.78, 5) is 58.7. The number of hydrogen-bond donors (Lipinski definition) is 3. The molecule has 0 spiro atoms. The molecular weight excluding hydrogens is 977 g/mol. The maximum Gasteiger partial charge on any atom is 0.264 e. The van der Waals surface area contributed by atoms with E-state index in [1.807, 2.05) is 4.90 Å². The summed E-state index contributed by atoms with van der Waals surface area (Å²) >= 11 is 0. The number of amides is 2. The number of hydrogen-bond acceptors (Lipinski definition) is 19. The minimum Gasteiger partial charge on any atom is -0.379 e. The number of carbonyl (C=O) groups is 2. The summed E-state index contributed by atoms with van der Waals surface area (Å²) in [6, 6.07) is 10.1. The van der Waals surface area contributed by atoms with Crippen LogP contribution in [0.2, 0.25) is 0 Å². The van der Waals surface area contributed by atoms with Crippen LogP contribution in [0.15, 0.2) is 58.9 Å². The number of unbranched alkanes of at least 4 members (excludes halogenated alkanes) is 2. The first-order valence-corrected chi connectivity index (χ1v) is 27.2. The predicted molar refractivity (Wildman–Crippen MR) is 278 cm³/mol. The van der Waals surface area contributed by atoms with Crippen LogP contribution in [0.4, 0.5) is 11.8 Å². The first-order chi connectivity index (χ1) is 36.0. The molecule has 1 aliphatic heterocycles. The highest BCUT2D eigenvalue weighted by Gasteiger charge is 2.21. The van der Waals surface area contributed by atoms with Crippen molar-refractivity contribution in [3.05, 3.63) is 76.0 Å². The molecule has 0 unspecified atom stereocenters. The molecule has 1 saturated heterocycles. The molecule has 2 amide bonds. The van der Waals surface area contributed by atoms with Crippen molar-refractivity contribution in [2.75, 3.05) is 149 Å². The third-order valence-corrected chi connectivity index (χ3v) is 12.2. The van der Waals surface area contributed by atoms with Crippen molar-refractivity contribution < 1.29 is 51.2 Å². The van der Waals surface area contributed by atoms with Gasteiger partial charge in [0.1, 0.15) is 11.2 Å². The number of ether oxygens (including phenoxy) is 7. The molecule has 74 heavy (non-hydrogen) atoms. The van der Waals surface area contributed by atoms with Gasteiger partial charge in [-0.15, -0.1) is 0 Å². The number of pyridine rings is 1. The van der Waals surface area contributed by atoms with E-state index in [1.165, 1.54) is 18.0 Å². The average molecular weight is 1050 g/mol. The van der Waals surface area contributed by atoms with Crippen LogP contribution >= 0.6 is 0 Å². The Balaban J connectivity index is 0.752. The van der Waals surface area contributed by atoms with Gasteiger partial charge in [0.25, 0.3) is 5.56 Å². The molecule has 0 saturated carbocycles. The van der Waals surface area contributed by atoms with Gasteiger partial charge >= 0.3 is 0 Å². The molecule has 1 aromatic carbocycles. The Hall–Kier alpha value is -5.68. The van der Waals surface area contributed by atoms with Crippen LogP contribution < -0.4 is 21.9 Å². The number of carbonyl (C=O) groups excluding carboxylic acids is 2. The largest absolute Gasteiger partial charge is 0.379 e. The Morgan fingerprint density at radius 1 is 0.703 bits per heavy atom. The van der Waals surface area contributed by atoms with Gasteiger partial charge in [-0.1, -0.05) is 49.5 Å². The molecule has 4 N–H and O–H groups in total. The fourth-order valence-electron chi connectivity index (χ4n) is 7.36. The van der Waals surface area contributed by atoms with Crippen molar-refractivity contribution in [3.63, 3.8) is 0 Å². The smallest absolute Gasteiger partial charge is 0.264 e. The monoisotopic (exact) mass is 1050 g/mol. The van der Waals surface area contributed by atoms with Gasteiger partial charge < -0.3 is 59.0 Å². The number of anilines is 2. The van der Waals surface area contributed by atoms with Crippen molar-refractivity contribution in [3.8, 4) is 11.8 Å². The number of aromatic nitrogens is 5. The highest BCUT2D eigenvalue weighted by atomic mass is 32.2. The van der Waals surface area contributed by atoms with Gasteiger partial charge in [-0.3, -0.25) is 19.3 Å². The lowest BCUT2D eigenvalue weighted by Gasteiger charge is -2.34. The number of sulfone groups is 1. The van der Waals surface area contributed by atoms with Crippen LogP contribution in [-0.4, -0.2) is 193 Å². The molecule has 0 aliphatic carbocycles. The molecule has 4 heterocycles. The molecule has 22 nitrogen and oxygen atoms in total. The van der Waals surface area contributed by atoms with Crippen LogP contribution in [0, 0.1) is 11.8 Å². The number of benzene rings is 1. The minimum absolute atomic E-state index is 0.0845. The van der Waals surface area contributed by atoms with E-state index in [0.29, 0.717) is 173 Å². The Morgan fingerprint density at radius 3 is 1.82 bits per heavy atom. The molecule has 0 bridgehead atoms.